The number of nitrogens with zero attached hydrogens (tertiary/aromatic N) is 4. The summed E-state index contributed by atoms with van der Waals surface area (Å²) in [7, 11) is 1.93. The van der Waals surface area contributed by atoms with Crippen LogP contribution in [0.2, 0.25) is 0 Å². The van der Waals surface area contributed by atoms with Gasteiger partial charge in [-0.15, -0.1) is 0 Å². The van der Waals surface area contributed by atoms with Gasteiger partial charge in [0, 0.05) is 51.3 Å². The predicted octanol–water partition coefficient (Wildman–Crippen LogP) is 2.53. The van der Waals surface area contributed by atoms with Crippen molar-refractivity contribution in [3.8, 4) is 0 Å². The van der Waals surface area contributed by atoms with Crippen molar-refractivity contribution in [1.82, 2.24) is 19.6 Å². The van der Waals surface area contributed by atoms with Crippen molar-refractivity contribution in [2.45, 2.75) is 70.6 Å². The summed E-state index contributed by atoms with van der Waals surface area (Å²) < 4.78 is 7.78. The van der Waals surface area contributed by atoms with Crippen LogP contribution in [0.1, 0.15) is 73.8 Å². The molecule has 1 saturated carbocycles. The Kier molecular flexibility index (Phi) is 5.06. The van der Waals surface area contributed by atoms with E-state index in [2.05, 4.69) is 23.8 Å². The van der Waals surface area contributed by atoms with Crippen molar-refractivity contribution in [2.75, 3.05) is 26.2 Å². The first-order chi connectivity index (χ1) is 12.5. The number of aromatic nitrogens is 2. The first-order valence-electron chi connectivity index (χ1n) is 10.3. The third-order valence-electron chi connectivity index (χ3n) is 6.37. The van der Waals surface area contributed by atoms with Gasteiger partial charge in [0.15, 0.2) is 5.69 Å². The van der Waals surface area contributed by atoms with Crippen molar-refractivity contribution in [2.24, 2.45) is 7.05 Å². The van der Waals surface area contributed by atoms with Crippen LogP contribution < -0.4 is 0 Å². The third-order valence-corrected chi connectivity index (χ3v) is 6.37. The van der Waals surface area contributed by atoms with Crippen LogP contribution in [0.4, 0.5) is 0 Å². The molecular formula is C20H32N4O2. The molecule has 1 amide bonds. The molecule has 0 radical (unpaired) electrons. The number of carbonyl (C=O) groups is 1. The molecule has 144 valence electrons. The van der Waals surface area contributed by atoms with Crippen LogP contribution >= 0.6 is 0 Å². The molecule has 2 atom stereocenters. The maximum Gasteiger partial charge on any atom is 0.274 e. The van der Waals surface area contributed by atoms with Crippen LogP contribution in [0.5, 0.6) is 0 Å². The Labute approximate surface area is 156 Å². The standard InChI is InChI=1S/C20H32N4O2/c1-14-13-17-18(21-22(3)19(17)15(2)26-14)20(25)24-10-6-9-23(11-12-24)16-7-4-5-8-16/h14-16H,4-13H2,1-3H3/t14-,15+/m1/s1. The van der Waals surface area contributed by atoms with Crippen molar-refractivity contribution >= 4 is 5.91 Å². The van der Waals surface area contributed by atoms with Crippen LogP contribution in [0.25, 0.3) is 0 Å². The predicted molar refractivity (Wildman–Crippen MR) is 100 cm³/mol. The number of ether oxygens (including phenoxy) is 1. The fourth-order valence-electron chi connectivity index (χ4n) is 5.14. The molecule has 0 bridgehead atoms. The Hall–Kier alpha value is -1.40. The quantitative estimate of drug-likeness (QED) is 0.813. The largest absolute Gasteiger partial charge is 0.369 e. The second-order valence-electron chi connectivity index (χ2n) is 8.25. The minimum absolute atomic E-state index is 0.00482. The Morgan fingerprint density at radius 2 is 1.85 bits per heavy atom. The highest BCUT2D eigenvalue weighted by Gasteiger charge is 2.34. The van der Waals surface area contributed by atoms with Gasteiger partial charge in [-0.3, -0.25) is 14.4 Å². The lowest BCUT2D eigenvalue weighted by Crippen LogP contribution is -2.39. The van der Waals surface area contributed by atoms with E-state index in [9.17, 15) is 4.79 Å². The number of hydrogen-bond acceptors (Lipinski definition) is 4. The van der Waals surface area contributed by atoms with E-state index in [4.69, 9.17) is 4.74 Å². The third kappa shape index (κ3) is 3.29. The molecule has 3 heterocycles. The summed E-state index contributed by atoms with van der Waals surface area (Å²) in [5.41, 5.74) is 2.81. The van der Waals surface area contributed by atoms with Crippen LogP contribution in [-0.4, -0.2) is 63.8 Å². The van der Waals surface area contributed by atoms with Gasteiger partial charge in [-0.1, -0.05) is 12.8 Å². The summed E-state index contributed by atoms with van der Waals surface area (Å²) in [5.74, 6) is 0.108. The van der Waals surface area contributed by atoms with Gasteiger partial charge in [-0.2, -0.15) is 5.10 Å². The molecule has 2 aliphatic heterocycles. The van der Waals surface area contributed by atoms with E-state index in [1.54, 1.807) is 0 Å². The van der Waals surface area contributed by atoms with E-state index in [0.717, 1.165) is 56.3 Å². The van der Waals surface area contributed by atoms with Crippen molar-refractivity contribution in [1.29, 1.82) is 0 Å². The lowest BCUT2D eigenvalue weighted by Gasteiger charge is -2.28. The van der Waals surface area contributed by atoms with Crippen LogP contribution in [0, 0.1) is 0 Å². The molecule has 1 saturated heterocycles. The maximum atomic E-state index is 13.3. The van der Waals surface area contributed by atoms with E-state index in [1.807, 2.05) is 16.6 Å². The molecule has 0 unspecified atom stereocenters. The van der Waals surface area contributed by atoms with Gasteiger partial charge in [0.05, 0.1) is 17.9 Å². The van der Waals surface area contributed by atoms with E-state index >= 15 is 0 Å². The van der Waals surface area contributed by atoms with Gasteiger partial charge in [0.2, 0.25) is 0 Å². The van der Waals surface area contributed by atoms with E-state index in [0.29, 0.717) is 5.69 Å². The molecule has 0 aromatic carbocycles. The molecule has 0 N–H and O–H groups in total. The molecule has 1 aromatic rings. The second kappa shape index (κ2) is 7.31. The van der Waals surface area contributed by atoms with E-state index in [-0.39, 0.29) is 18.1 Å². The molecule has 4 rings (SSSR count). The summed E-state index contributed by atoms with van der Waals surface area (Å²) in [6, 6.07) is 0.742. The van der Waals surface area contributed by atoms with Crippen molar-refractivity contribution in [3.63, 3.8) is 0 Å². The average Bonchev–Trinajstić information content (AvgIpc) is 3.16. The number of fused-ring (bicyclic) bond motifs is 1. The molecule has 26 heavy (non-hydrogen) atoms. The molecule has 3 aliphatic rings. The number of rotatable bonds is 2. The summed E-state index contributed by atoms with van der Waals surface area (Å²) >= 11 is 0. The highest BCUT2D eigenvalue weighted by Crippen LogP contribution is 2.32. The summed E-state index contributed by atoms with van der Waals surface area (Å²) in [6.45, 7) is 7.91. The number of aryl methyl sites for hydroxylation is 1. The Bertz CT molecular complexity index is 665. The maximum absolute atomic E-state index is 13.3. The van der Waals surface area contributed by atoms with Gasteiger partial charge in [-0.25, -0.2) is 0 Å². The highest BCUT2D eigenvalue weighted by molar-refractivity contribution is 5.94. The van der Waals surface area contributed by atoms with Gasteiger partial charge < -0.3 is 9.64 Å². The molecular weight excluding hydrogens is 328 g/mol. The molecule has 0 spiro atoms. The fourth-order valence-corrected chi connectivity index (χ4v) is 5.14. The smallest absolute Gasteiger partial charge is 0.274 e. The topological polar surface area (TPSA) is 50.6 Å². The zero-order valence-corrected chi connectivity index (χ0v) is 16.4. The van der Waals surface area contributed by atoms with Crippen molar-refractivity contribution in [3.05, 3.63) is 17.0 Å². The van der Waals surface area contributed by atoms with Gasteiger partial charge in [0.1, 0.15) is 0 Å². The van der Waals surface area contributed by atoms with Crippen LogP contribution in [-0.2, 0) is 18.2 Å². The van der Waals surface area contributed by atoms with Crippen LogP contribution in [0.15, 0.2) is 0 Å². The first-order valence-corrected chi connectivity index (χ1v) is 10.3. The monoisotopic (exact) mass is 360 g/mol. The fraction of sp³-hybridized carbons (Fsp3) is 0.800. The average molecular weight is 361 g/mol. The first kappa shape index (κ1) is 18.0. The second-order valence-corrected chi connectivity index (χ2v) is 8.25. The lowest BCUT2D eigenvalue weighted by atomic mass is 9.99. The number of amides is 1. The Morgan fingerprint density at radius 3 is 2.62 bits per heavy atom. The Balaban J connectivity index is 1.50. The molecule has 2 fully saturated rings. The van der Waals surface area contributed by atoms with Gasteiger partial charge >= 0.3 is 0 Å². The van der Waals surface area contributed by atoms with Crippen molar-refractivity contribution < 1.29 is 9.53 Å². The Morgan fingerprint density at radius 1 is 1.08 bits per heavy atom. The molecule has 1 aliphatic carbocycles. The van der Waals surface area contributed by atoms with Crippen LogP contribution in [0.3, 0.4) is 0 Å². The SMILES string of the molecule is C[C@@H]1Cc2c(C(=O)N3CCCN(C4CCCC4)CC3)nn(C)c2[C@H](C)O1. The minimum atomic E-state index is -0.00482. The molecule has 1 aromatic heterocycles. The zero-order valence-electron chi connectivity index (χ0n) is 16.4. The summed E-state index contributed by atoms with van der Waals surface area (Å²) in [5, 5.41) is 4.61. The van der Waals surface area contributed by atoms with E-state index in [1.165, 1.54) is 25.7 Å². The lowest BCUT2D eigenvalue weighted by molar-refractivity contribution is -0.00906. The van der Waals surface area contributed by atoms with Gasteiger partial charge in [-0.05, 0) is 33.1 Å². The normalized spacial score (nSPS) is 28.2. The minimum Gasteiger partial charge on any atom is -0.369 e. The van der Waals surface area contributed by atoms with E-state index < -0.39 is 0 Å². The summed E-state index contributed by atoms with van der Waals surface area (Å²) in [4.78, 5) is 17.9. The highest BCUT2D eigenvalue weighted by atomic mass is 16.5. The number of hydrogen-bond donors (Lipinski definition) is 0. The van der Waals surface area contributed by atoms with Gasteiger partial charge in [0.25, 0.3) is 5.91 Å². The molecule has 6 heteroatoms. The summed E-state index contributed by atoms with van der Waals surface area (Å²) in [6.07, 6.45) is 7.36. The zero-order chi connectivity index (χ0) is 18.3. The number of carbonyl (C=O) groups excluding carboxylic acids is 1. The molecule has 6 nitrogen and oxygen atoms in total.